The van der Waals surface area contributed by atoms with E-state index < -0.39 is 5.41 Å². The summed E-state index contributed by atoms with van der Waals surface area (Å²) in [5.74, 6) is 0. The van der Waals surface area contributed by atoms with Crippen LogP contribution in [0.5, 0.6) is 0 Å². The maximum Gasteiger partial charge on any atom is 0.0713 e. The Morgan fingerprint density at radius 3 is 0.953 bits per heavy atom. The van der Waals surface area contributed by atoms with Crippen molar-refractivity contribution in [3.05, 3.63) is 317 Å². The predicted octanol–water partition coefficient (Wildman–Crippen LogP) is 16.2. The van der Waals surface area contributed by atoms with E-state index in [9.17, 15) is 0 Å². The van der Waals surface area contributed by atoms with Gasteiger partial charge in [0.05, 0.1) is 5.41 Å². The summed E-state index contributed by atoms with van der Waals surface area (Å²) < 4.78 is 0. The lowest BCUT2D eigenvalue weighted by atomic mass is 9.67. The van der Waals surface area contributed by atoms with E-state index >= 15 is 0 Å². The molecular formula is C63H45N. The highest BCUT2D eigenvalue weighted by molar-refractivity contribution is 6.04. The smallest absolute Gasteiger partial charge is 0.0713 e. The van der Waals surface area contributed by atoms with Gasteiger partial charge in [0, 0.05) is 17.1 Å². The largest absolute Gasteiger partial charge is 0.311 e. The lowest BCUT2D eigenvalue weighted by Crippen LogP contribution is -2.28. The molecular weight excluding hydrogens is 771 g/mol. The van der Waals surface area contributed by atoms with Gasteiger partial charge in [0.25, 0.3) is 0 Å². The zero-order valence-corrected chi connectivity index (χ0v) is 35.4. The van der Waals surface area contributed by atoms with E-state index in [1.165, 1.54) is 77.9 Å². The standard InChI is InChI=1S/C63H45N/c1-6-20-48(21-7-1)61(49-22-8-2-9-23-49)62(50-24-10-3-11-25-50)51-36-34-46(35-37-51)47-38-40-52(41-39-47)63(59-32-18-16-30-57(59)58-31-17-19-33-60(58)63)53-42-44-56(45-43-53)64(54-26-12-4-13-27-54)55-28-14-5-15-29-55/h1-45H. The minimum Gasteiger partial charge on any atom is -0.311 e. The summed E-state index contributed by atoms with van der Waals surface area (Å²) in [4.78, 5) is 2.33. The van der Waals surface area contributed by atoms with Crippen molar-refractivity contribution in [3.8, 4) is 22.3 Å². The van der Waals surface area contributed by atoms with Gasteiger partial charge in [0.1, 0.15) is 0 Å². The lowest BCUT2D eigenvalue weighted by molar-refractivity contribution is 0.768. The van der Waals surface area contributed by atoms with Crippen molar-refractivity contribution in [2.24, 2.45) is 0 Å². The molecule has 1 heteroatoms. The Bertz CT molecular complexity index is 3070. The average Bonchev–Trinajstić information content (AvgIpc) is 3.68. The summed E-state index contributed by atoms with van der Waals surface area (Å²) in [6, 6.07) is 99.2. The highest BCUT2D eigenvalue weighted by Gasteiger charge is 2.46. The van der Waals surface area contributed by atoms with Crippen LogP contribution in [0.2, 0.25) is 0 Å². The van der Waals surface area contributed by atoms with Crippen LogP contribution in [0.15, 0.2) is 273 Å². The molecule has 1 nitrogen and oxygen atoms in total. The highest BCUT2D eigenvalue weighted by Crippen LogP contribution is 2.56. The Labute approximate surface area is 376 Å². The number of hydrogen-bond acceptors (Lipinski definition) is 1. The summed E-state index contributed by atoms with van der Waals surface area (Å²) in [5, 5.41) is 0. The average molecular weight is 816 g/mol. The number of benzene rings is 10. The molecule has 11 rings (SSSR count). The maximum atomic E-state index is 2.36. The van der Waals surface area contributed by atoms with Crippen LogP contribution in [-0.2, 0) is 5.41 Å². The molecule has 0 saturated heterocycles. The van der Waals surface area contributed by atoms with E-state index in [1.807, 2.05) is 0 Å². The summed E-state index contributed by atoms with van der Waals surface area (Å²) in [6.07, 6.45) is 0. The molecule has 10 aromatic carbocycles. The molecule has 64 heavy (non-hydrogen) atoms. The summed E-state index contributed by atoms with van der Waals surface area (Å²) >= 11 is 0. The number of fused-ring (bicyclic) bond motifs is 3. The van der Waals surface area contributed by atoms with Gasteiger partial charge in [-0.2, -0.15) is 0 Å². The van der Waals surface area contributed by atoms with Crippen LogP contribution in [-0.4, -0.2) is 0 Å². The maximum absolute atomic E-state index is 2.36. The fourth-order valence-electron chi connectivity index (χ4n) is 9.95. The van der Waals surface area contributed by atoms with Gasteiger partial charge in [-0.05, 0) is 114 Å². The minimum absolute atomic E-state index is 0.515. The fraction of sp³-hybridized carbons (Fsp3) is 0.0159. The second-order valence-electron chi connectivity index (χ2n) is 16.4. The fourth-order valence-corrected chi connectivity index (χ4v) is 9.95. The van der Waals surface area contributed by atoms with Crippen LogP contribution in [0.4, 0.5) is 17.1 Å². The minimum atomic E-state index is -0.515. The lowest BCUT2D eigenvalue weighted by Gasteiger charge is -2.34. The van der Waals surface area contributed by atoms with E-state index in [-0.39, 0.29) is 0 Å². The Morgan fingerprint density at radius 1 is 0.250 bits per heavy atom. The van der Waals surface area contributed by atoms with E-state index in [1.54, 1.807) is 0 Å². The Balaban J connectivity index is 1.01. The number of anilines is 3. The molecule has 0 radical (unpaired) electrons. The van der Waals surface area contributed by atoms with Gasteiger partial charge in [0.2, 0.25) is 0 Å². The quantitative estimate of drug-likeness (QED) is 0.124. The molecule has 0 spiro atoms. The van der Waals surface area contributed by atoms with Gasteiger partial charge in [-0.25, -0.2) is 0 Å². The van der Waals surface area contributed by atoms with Crippen molar-refractivity contribution in [1.82, 2.24) is 0 Å². The van der Waals surface area contributed by atoms with Crippen LogP contribution < -0.4 is 4.90 Å². The molecule has 0 amide bonds. The molecule has 0 fully saturated rings. The molecule has 0 aliphatic heterocycles. The second-order valence-corrected chi connectivity index (χ2v) is 16.4. The van der Waals surface area contributed by atoms with Gasteiger partial charge < -0.3 is 4.90 Å². The Hall–Kier alpha value is -8.26. The zero-order valence-electron chi connectivity index (χ0n) is 35.4. The first kappa shape index (κ1) is 38.6. The van der Waals surface area contributed by atoms with Crippen molar-refractivity contribution in [2.45, 2.75) is 5.41 Å². The van der Waals surface area contributed by atoms with Crippen molar-refractivity contribution in [1.29, 1.82) is 0 Å². The van der Waals surface area contributed by atoms with Gasteiger partial charge in [-0.1, -0.05) is 237 Å². The molecule has 1 aliphatic rings. The summed E-state index contributed by atoms with van der Waals surface area (Å²) in [5.41, 5.74) is 20.0. The van der Waals surface area contributed by atoms with Crippen molar-refractivity contribution < 1.29 is 0 Å². The van der Waals surface area contributed by atoms with E-state index in [0.29, 0.717) is 0 Å². The zero-order chi connectivity index (χ0) is 42.7. The highest BCUT2D eigenvalue weighted by atomic mass is 15.1. The van der Waals surface area contributed by atoms with E-state index in [4.69, 9.17) is 0 Å². The van der Waals surface area contributed by atoms with E-state index in [2.05, 4.69) is 278 Å². The van der Waals surface area contributed by atoms with Crippen molar-refractivity contribution in [2.75, 3.05) is 4.90 Å². The van der Waals surface area contributed by atoms with Crippen LogP contribution in [0.1, 0.15) is 44.5 Å². The van der Waals surface area contributed by atoms with E-state index in [0.717, 1.165) is 17.1 Å². The second kappa shape index (κ2) is 16.9. The normalized spacial score (nSPS) is 12.2. The number of nitrogens with zero attached hydrogens (tertiary/aromatic N) is 1. The number of hydrogen-bond donors (Lipinski definition) is 0. The molecule has 10 aromatic rings. The van der Waals surface area contributed by atoms with Gasteiger partial charge >= 0.3 is 0 Å². The molecule has 0 saturated carbocycles. The molecule has 0 unspecified atom stereocenters. The van der Waals surface area contributed by atoms with Crippen LogP contribution >= 0.6 is 0 Å². The van der Waals surface area contributed by atoms with Gasteiger partial charge in [-0.3, -0.25) is 0 Å². The molecule has 0 heterocycles. The van der Waals surface area contributed by atoms with Gasteiger partial charge in [-0.15, -0.1) is 0 Å². The third-order valence-electron chi connectivity index (χ3n) is 12.8. The Morgan fingerprint density at radius 2 is 0.547 bits per heavy atom. The first-order valence-electron chi connectivity index (χ1n) is 22.1. The Kier molecular flexibility index (Phi) is 10.2. The van der Waals surface area contributed by atoms with Crippen molar-refractivity contribution >= 4 is 28.2 Å². The van der Waals surface area contributed by atoms with Crippen molar-refractivity contribution in [3.63, 3.8) is 0 Å². The molecule has 1 aliphatic carbocycles. The monoisotopic (exact) mass is 815 g/mol. The van der Waals surface area contributed by atoms with Crippen LogP contribution in [0, 0.1) is 0 Å². The third kappa shape index (κ3) is 6.85. The number of rotatable bonds is 10. The predicted molar refractivity (Wildman–Crippen MR) is 268 cm³/mol. The molecule has 0 N–H and O–H groups in total. The topological polar surface area (TPSA) is 3.24 Å². The first-order chi connectivity index (χ1) is 31.8. The molecule has 0 atom stereocenters. The summed E-state index contributed by atoms with van der Waals surface area (Å²) in [7, 11) is 0. The third-order valence-corrected chi connectivity index (χ3v) is 12.8. The first-order valence-corrected chi connectivity index (χ1v) is 22.1. The van der Waals surface area contributed by atoms with Crippen LogP contribution in [0.3, 0.4) is 0 Å². The van der Waals surface area contributed by atoms with Gasteiger partial charge in [0.15, 0.2) is 0 Å². The SMILES string of the molecule is c1ccc(C(=C(c2ccccc2)c2ccc(-c3ccc(C4(c5ccc(N(c6ccccc6)c6ccccc6)cc5)c5ccccc5-c5ccccc54)cc3)cc2)c2ccccc2)cc1. The summed E-state index contributed by atoms with van der Waals surface area (Å²) in [6.45, 7) is 0. The van der Waals surface area contributed by atoms with Crippen LogP contribution in [0.25, 0.3) is 33.4 Å². The molecule has 302 valence electrons. The molecule has 0 bridgehead atoms. The molecule has 0 aromatic heterocycles. The number of para-hydroxylation sites is 2.